The number of hydrogen-bond acceptors (Lipinski definition) is 1. The smallest absolute Gasteiger partial charge is 0.224 e. The van der Waals surface area contributed by atoms with Crippen molar-refractivity contribution in [3.63, 3.8) is 0 Å². The number of nitrogens with zero attached hydrogens (tertiary/aromatic N) is 1. The van der Waals surface area contributed by atoms with Crippen molar-refractivity contribution in [2.24, 2.45) is 7.05 Å². The molecule has 6 rings (SSSR count). The number of fused-ring (bicyclic) bond motifs is 4. The van der Waals surface area contributed by atoms with Gasteiger partial charge in [0.1, 0.15) is 18.2 Å². The lowest BCUT2D eigenvalue weighted by Gasteiger charge is -2.11. The van der Waals surface area contributed by atoms with Gasteiger partial charge in [-0.15, -0.1) is 0 Å². The highest BCUT2D eigenvalue weighted by molar-refractivity contribution is 6.14. The second kappa shape index (κ2) is 7.85. The van der Waals surface area contributed by atoms with E-state index in [0.29, 0.717) is 5.92 Å². The Kier molecular flexibility index (Phi) is 4.77. The Hall–Kier alpha value is -3.91. The molecule has 4 aromatic carbocycles. The molecule has 0 bridgehead atoms. The van der Waals surface area contributed by atoms with Crippen molar-refractivity contribution in [2.45, 2.75) is 26.7 Å². The molecule has 34 heavy (non-hydrogen) atoms. The maximum absolute atomic E-state index is 6.76. The highest BCUT2D eigenvalue weighted by Gasteiger charge is 2.24. The molecule has 2 heterocycles. The summed E-state index contributed by atoms with van der Waals surface area (Å²) in [7, 11) is 2.13. The predicted molar refractivity (Wildman–Crippen MR) is 142 cm³/mol. The normalized spacial score (nSPS) is 11.8. The van der Waals surface area contributed by atoms with Crippen LogP contribution in [0, 0.1) is 6.92 Å². The lowest BCUT2D eigenvalue weighted by atomic mass is 9.94. The Morgan fingerprint density at radius 2 is 1.50 bits per heavy atom. The summed E-state index contributed by atoms with van der Waals surface area (Å²) in [6.07, 6.45) is 2.16. The van der Waals surface area contributed by atoms with Crippen molar-refractivity contribution in [1.29, 1.82) is 0 Å². The van der Waals surface area contributed by atoms with Gasteiger partial charge in [-0.25, -0.2) is 4.57 Å². The Balaban J connectivity index is 1.70. The number of pyridine rings is 1. The minimum atomic E-state index is 0.499. The van der Waals surface area contributed by atoms with Crippen LogP contribution in [0.15, 0.2) is 95.5 Å². The van der Waals surface area contributed by atoms with Gasteiger partial charge in [-0.05, 0) is 41.0 Å². The first-order valence-electron chi connectivity index (χ1n) is 12.0. The molecule has 2 aromatic heterocycles. The van der Waals surface area contributed by atoms with Gasteiger partial charge < -0.3 is 4.42 Å². The molecule has 0 N–H and O–H groups in total. The molecule has 0 unspecified atom stereocenters. The van der Waals surface area contributed by atoms with E-state index in [4.69, 9.17) is 4.42 Å². The van der Waals surface area contributed by atoms with Crippen LogP contribution >= 0.6 is 0 Å². The Bertz CT molecular complexity index is 1690. The number of aryl methyl sites for hydroxylation is 2. The van der Waals surface area contributed by atoms with Crippen molar-refractivity contribution < 1.29 is 8.98 Å². The summed E-state index contributed by atoms with van der Waals surface area (Å²) in [6.45, 7) is 6.67. The molecular weight excluding hydrogens is 414 g/mol. The van der Waals surface area contributed by atoms with Gasteiger partial charge in [0.15, 0.2) is 6.20 Å². The van der Waals surface area contributed by atoms with E-state index >= 15 is 0 Å². The summed E-state index contributed by atoms with van der Waals surface area (Å²) >= 11 is 0. The summed E-state index contributed by atoms with van der Waals surface area (Å²) in [5.41, 5.74) is 9.12. The minimum absolute atomic E-state index is 0.499. The summed E-state index contributed by atoms with van der Waals surface area (Å²) in [4.78, 5) is 0. The second-order valence-corrected chi connectivity index (χ2v) is 9.56. The molecule has 0 saturated carbocycles. The first kappa shape index (κ1) is 20.7. The summed E-state index contributed by atoms with van der Waals surface area (Å²) in [5, 5.41) is 4.82. The molecule has 0 aliphatic carbocycles. The zero-order valence-electron chi connectivity index (χ0n) is 20.1. The van der Waals surface area contributed by atoms with Gasteiger partial charge in [-0.2, -0.15) is 0 Å². The van der Waals surface area contributed by atoms with E-state index in [1.165, 1.54) is 33.2 Å². The van der Waals surface area contributed by atoms with Crippen molar-refractivity contribution in [3.05, 3.63) is 102 Å². The third-order valence-corrected chi connectivity index (χ3v) is 7.02. The third kappa shape index (κ3) is 3.13. The van der Waals surface area contributed by atoms with E-state index in [9.17, 15) is 0 Å². The molecule has 0 aliphatic rings. The SMILES string of the molecule is Cc1ccc2c(oc3c(-c4ccccc4)cccc32)c1-c1c2ccc(C(C)C)cc2cc[n+]1C. The topological polar surface area (TPSA) is 17.0 Å². The van der Waals surface area contributed by atoms with Gasteiger partial charge in [0, 0.05) is 22.4 Å². The predicted octanol–water partition coefficient (Wildman–Crippen LogP) is 8.33. The molecule has 0 saturated heterocycles. The molecule has 0 amide bonds. The van der Waals surface area contributed by atoms with Crippen molar-refractivity contribution in [3.8, 4) is 22.4 Å². The van der Waals surface area contributed by atoms with Crippen LogP contribution in [-0.2, 0) is 7.05 Å². The average molecular weight is 443 g/mol. The molecule has 0 spiro atoms. The molecule has 0 aliphatic heterocycles. The first-order chi connectivity index (χ1) is 16.5. The number of benzene rings is 4. The van der Waals surface area contributed by atoms with Gasteiger partial charge in [-0.3, -0.25) is 0 Å². The molecule has 0 fully saturated rings. The number of hydrogen-bond donors (Lipinski definition) is 0. The minimum Gasteiger partial charge on any atom is -0.454 e. The van der Waals surface area contributed by atoms with E-state index in [1.54, 1.807) is 0 Å². The number of furan rings is 1. The Morgan fingerprint density at radius 3 is 2.29 bits per heavy atom. The van der Waals surface area contributed by atoms with Crippen molar-refractivity contribution in [2.75, 3.05) is 0 Å². The largest absolute Gasteiger partial charge is 0.454 e. The van der Waals surface area contributed by atoms with Gasteiger partial charge in [0.2, 0.25) is 5.69 Å². The van der Waals surface area contributed by atoms with Gasteiger partial charge in [0.25, 0.3) is 0 Å². The fourth-order valence-electron chi connectivity index (χ4n) is 5.16. The maximum Gasteiger partial charge on any atom is 0.224 e. The summed E-state index contributed by atoms with van der Waals surface area (Å²) < 4.78 is 8.98. The molecule has 6 aromatic rings. The van der Waals surface area contributed by atoms with E-state index < -0.39 is 0 Å². The maximum atomic E-state index is 6.76. The van der Waals surface area contributed by atoms with Gasteiger partial charge >= 0.3 is 0 Å². The monoisotopic (exact) mass is 442 g/mol. The standard InChI is InChI=1S/C32H28NO/c1-20(2)23-14-16-25-24(19-23)17-18-33(4)30(25)29-21(3)13-15-28-27-12-8-11-26(31(27)34-32(28)29)22-9-6-5-7-10-22/h5-20H,1-4H3/q+1. The highest BCUT2D eigenvalue weighted by Crippen LogP contribution is 2.41. The Labute approximate surface area is 200 Å². The zero-order chi connectivity index (χ0) is 23.4. The summed E-state index contributed by atoms with van der Waals surface area (Å²) in [5.74, 6) is 0.499. The lowest BCUT2D eigenvalue weighted by molar-refractivity contribution is -0.659. The van der Waals surface area contributed by atoms with E-state index in [-0.39, 0.29) is 0 Å². The number of rotatable bonds is 3. The van der Waals surface area contributed by atoms with Crippen LogP contribution in [0.5, 0.6) is 0 Å². The van der Waals surface area contributed by atoms with Crippen LogP contribution in [0.25, 0.3) is 55.1 Å². The van der Waals surface area contributed by atoms with E-state index in [0.717, 1.165) is 33.1 Å². The van der Waals surface area contributed by atoms with Crippen molar-refractivity contribution in [1.82, 2.24) is 0 Å². The van der Waals surface area contributed by atoms with E-state index in [2.05, 4.69) is 124 Å². The fraction of sp³-hybridized carbons (Fsp3) is 0.156. The first-order valence-corrected chi connectivity index (χ1v) is 12.0. The van der Waals surface area contributed by atoms with E-state index in [1.807, 2.05) is 0 Å². The zero-order valence-corrected chi connectivity index (χ0v) is 20.1. The molecule has 0 atom stereocenters. The van der Waals surface area contributed by atoms with Crippen LogP contribution in [-0.4, -0.2) is 0 Å². The van der Waals surface area contributed by atoms with Crippen LogP contribution < -0.4 is 4.57 Å². The Morgan fingerprint density at radius 1 is 0.735 bits per heavy atom. The molecule has 2 nitrogen and oxygen atoms in total. The van der Waals surface area contributed by atoms with Gasteiger partial charge in [-0.1, -0.05) is 86.6 Å². The van der Waals surface area contributed by atoms with Gasteiger partial charge in [0.05, 0.1) is 10.9 Å². The van der Waals surface area contributed by atoms with Crippen molar-refractivity contribution >= 4 is 32.7 Å². The molecular formula is C32H28NO+. The quantitative estimate of drug-likeness (QED) is 0.252. The van der Waals surface area contributed by atoms with Crippen LogP contribution in [0.2, 0.25) is 0 Å². The number of aromatic nitrogens is 1. The average Bonchev–Trinajstić information content (AvgIpc) is 3.23. The van der Waals surface area contributed by atoms with Crippen LogP contribution in [0.4, 0.5) is 0 Å². The molecule has 166 valence electrons. The molecule has 0 radical (unpaired) electrons. The van der Waals surface area contributed by atoms with Crippen LogP contribution in [0.1, 0.15) is 30.9 Å². The fourth-order valence-corrected chi connectivity index (χ4v) is 5.16. The summed E-state index contributed by atoms with van der Waals surface area (Å²) in [6, 6.07) is 30.5. The number of para-hydroxylation sites is 1. The van der Waals surface area contributed by atoms with Crippen LogP contribution in [0.3, 0.4) is 0 Å². The second-order valence-electron chi connectivity index (χ2n) is 9.56. The third-order valence-electron chi connectivity index (χ3n) is 7.02. The molecule has 2 heteroatoms. The lowest BCUT2D eigenvalue weighted by Crippen LogP contribution is -2.30. The highest BCUT2D eigenvalue weighted by atomic mass is 16.3.